The van der Waals surface area contributed by atoms with Crippen molar-refractivity contribution >= 4 is 17.2 Å². The Kier molecular flexibility index (Phi) is 3.64. The highest BCUT2D eigenvalue weighted by atomic mass is 32.1. The van der Waals surface area contributed by atoms with Crippen molar-refractivity contribution in [3.05, 3.63) is 21.9 Å². The standard InChI is InChI=1S/C13H19NOS/c1-10-7-8-16-12(10)9-14(2)13(15)11-5-3-4-6-11/h7-8,11H,3-6,9H2,1-2H3. The minimum Gasteiger partial charge on any atom is -0.340 e. The fourth-order valence-electron chi connectivity index (χ4n) is 2.34. The van der Waals surface area contributed by atoms with E-state index in [4.69, 9.17) is 0 Å². The van der Waals surface area contributed by atoms with Crippen molar-refractivity contribution in [3.8, 4) is 0 Å². The molecule has 2 nitrogen and oxygen atoms in total. The van der Waals surface area contributed by atoms with Crippen LogP contribution in [0.25, 0.3) is 0 Å². The van der Waals surface area contributed by atoms with Crippen molar-refractivity contribution < 1.29 is 4.79 Å². The van der Waals surface area contributed by atoms with E-state index in [0.717, 1.165) is 19.4 Å². The van der Waals surface area contributed by atoms with E-state index in [1.54, 1.807) is 11.3 Å². The molecule has 88 valence electrons. The molecule has 0 radical (unpaired) electrons. The first-order valence-electron chi connectivity index (χ1n) is 5.96. The van der Waals surface area contributed by atoms with Gasteiger partial charge >= 0.3 is 0 Å². The van der Waals surface area contributed by atoms with Gasteiger partial charge in [0, 0.05) is 17.8 Å². The molecule has 1 aromatic heterocycles. The summed E-state index contributed by atoms with van der Waals surface area (Å²) >= 11 is 1.74. The lowest BCUT2D eigenvalue weighted by Crippen LogP contribution is -2.31. The Labute approximate surface area is 101 Å². The number of rotatable bonds is 3. The molecule has 0 spiro atoms. The van der Waals surface area contributed by atoms with Gasteiger partial charge in [-0.2, -0.15) is 0 Å². The average Bonchev–Trinajstić information content (AvgIpc) is 2.89. The van der Waals surface area contributed by atoms with Gasteiger partial charge in [-0.1, -0.05) is 12.8 Å². The van der Waals surface area contributed by atoms with Crippen LogP contribution in [0.1, 0.15) is 36.1 Å². The largest absolute Gasteiger partial charge is 0.340 e. The van der Waals surface area contributed by atoms with Gasteiger partial charge in [0.25, 0.3) is 0 Å². The van der Waals surface area contributed by atoms with E-state index < -0.39 is 0 Å². The molecule has 0 saturated heterocycles. The van der Waals surface area contributed by atoms with Gasteiger partial charge in [0.05, 0.1) is 6.54 Å². The molecule has 1 fully saturated rings. The molecule has 1 aliphatic rings. The molecule has 0 N–H and O–H groups in total. The number of hydrogen-bond acceptors (Lipinski definition) is 2. The van der Waals surface area contributed by atoms with Gasteiger partial charge in [-0.05, 0) is 36.8 Å². The molecule has 1 aromatic rings. The van der Waals surface area contributed by atoms with Crippen molar-refractivity contribution in [1.82, 2.24) is 4.90 Å². The SMILES string of the molecule is Cc1ccsc1CN(C)C(=O)C1CCCC1. The lowest BCUT2D eigenvalue weighted by molar-refractivity contribution is -0.134. The summed E-state index contributed by atoms with van der Waals surface area (Å²) in [6.45, 7) is 2.89. The summed E-state index contributed by atoms with van der Waals surface area (Å²) in [6, 6.07) is 2.12. The van der Waals surface area contributed by atoms with Crippen molar-refractivity contribution in [2.24, 2.45) is 5.92 Å². The Morgan fingerprint density at radius 1 is 1.50 bits per heavy atom. The van der Waals surface area contributed by atoms with E-state index in [2.05, 4.69) is 18.4 Å². The quantitative estimate of drug-likeness (QED) is 0.790. The molecule has 1 amide bonds. The third-order valence-corrected chi connectivity index (χ3v) is 4.44. The van der Waals surface area contributed by atoms with Crippen LogP contribution in [0.5, 0.6) is 0 Å². The zero-order valence-electron chi connectivity index (χ0n) is 10.0. The monoisotopic (exact) mass is 237 g/mol. The summed E-state index contributed by atoms with van der Waals surface area (Å²) in [5.74, 6) is 0.635. The predicted molar refractivity (Wildman–Crippen MR) is 67.5 cm³/mol. The zero-order chi connectivity index (χ0) is 11.5. The van der Waals surface area contributed by atoms with Crippen LogP contribution in [0.15, 0.2) is 11.4 Å². The molecule has 1 aliphatic carbocycles. The number of hydrogen-bond donors (Lipinski definition) is 0. The van der Waals surface area contributed by atoms with E-state index in [0.29, 0.717) is 11.8 Å². The number of amides is 1. The van der Waals surface area contributed by atoms with Gasteiger partial charge in [0.1, 0.15) is 0 Å². The van der Waals surface area contributed by atoms with Crippen LogP contribution in [0.2, 0.25) is 0 Å². The van der Waals surface area contributed by atoms with Crippen LogP contribution >= 0.6 is 11.3 Å². The molecule has 1 saturated carbocycles. The molecule has 0 aliphatic heterocycles. The second kappa shape index (κ2) is 5.00. The van der Waals surface area contributed by atoms with E-state index in [1.165, 1.54) is 23.3 Å². The fraction of sp³-hybridized carbons (Fsp3) is 0.615. The third-order valence-electron chi connectivity index (χ3n) is 3.43. The molecule has 0 atom stereocenters. The molecule has 0 bridgehead atoms. The predicted octanol–water partition coefficient (Wildman–Crippen LogP) is 3.21. The Morgan fingerprint density at radius 3 is 2.75 bits per heavy atom. The number of carbonyl (C=O) groups excluding carboxylic acids is 1. The maximum Gasteiger partial charge on any atom is 0.225 e. The van der Waals surface area contributed by atoms with Crippen molar-refractivity contribution in [2.45, 2.75) is 39.2 Å². The van der Waals surface area contributed by atoms with E-state index >= 15 is 0 Å². The molecular weight excluding hydrogens is 218 g/mol. The smallest absolute Gasteiger partial charge is 0.225 e. The number of aryl methyl sites for hydroxylation is 1. The van der Waals surface area contributed by atoms with Crippen LogP contribution in [0.4, 0.5) is 0 Å². The molecule has 1 heterocycles. The van der Waals surface area contributed by atoms with Gasteiger partial charge in [-0.3, -0.25) is 4.79 Å². The number of carbonyl (C=O) groups is 1. The lowest BCUT2D eigenvalue weighted by atomic mass is 10.1. The summed E-state index contributed by atoms with van der Waals surface area (Å²) in [5, 5.41) is 2.10. The molecule has 2 rings (SSSR count). The lowest BCUT2D eigenvalue weighted by Gasteiger charge is -2.20. The Balaban J connectivity index is 1.94. The minimum atomic E-state index is 0.297. The highest BCUT2D eigenvalue weighted by Gasteiger charge is 2.25. The molecular formula is C13H19NOS. The van der Waals surface area contributed by atoms with E-state index in [-0.39, 0.29) is 0 Å². The Bertz CT molecular complexity index is 366. The van der Waals surface area contributed by atoms with Gasteiger partial charge in [-0.25, -0.2) is 0 Å². The van der Waals surface area contributed by atoms with Crippen molar-refractivity contribution in [2.75, 3.05) is 7.05 Å². The van der Waals surface area contributed by atoms with E-state index in [1.807, 2.05) is 11.9 Å². The first-order chi connectivity index (χ1) is 7.68. The van der Waals surface area contributed by atoms with Gasteiger partial charge in [-0.15, -0.1) is 11.3 Å². The minimum absolute atomic E-state index is 0.297. The van der Waals surface area contributed by atoms with Gasteiger partial charge in [0.2, 0.25) is 5.91 Å². The highest BCUT2D eigenvalue weighted by Crippen LogP contribution is 2.27. The normalized spacial score (nSPS) is 16.6. The first-order valence-corrected chi connectivity index (χ1v) is 6.84. The van der Waals surface area contributed by atoms with Crippen molar-refractivity contribution in [1.29, 1.82) is 0 Å². The Morgan fingerprint density at radius 2 is 2.19 bits per heavy atom. The number of nitrogens with zero attached hydrogens (tertiary/aromatic N) is 1. The topological polar surface area (TPSA) is 20.3 Å². The van der Waals surface area contributed by atoms with Crippen molar-refractivity contribution in [3.63, 3.8) is 0 Å². The molecule has 3 heteroatoms. The second-order valence-corrected chi connectivity index (χ2v) is 5.70. The zero-order valence-corrected chi connectivity index (χ0v) is 10.8. The van der Waals surface area contributed by atoms with Crippen LogP contribution in [-0.2, 0) is 11.3 Å². The Hall–Kier alpha value is -0.830. The third kappa shape index (κ3) is 2.46. The van der Waals surface area contributed by atoms with Gasteiger partial charge in [0.15, 0.2) is 0 Å². The van der Waals surface area contributed by atoms with Crippen LogP contribution in [0.3, 0.4) is 0 Å². The molecule has 0 unspecified atom stereocenters. The summed E-state index contributed by atoms with van der Waals surface area (Å²) in [6.07, 6.45) is 4.63. The number of thiophene rings is 1. The summed E-state index contributed by atoms with van der Waals surface area (Å²) in [5.41, 5.74) is 1.30. The molecule has 0 aromatic carbocycles. The van der Waals surface area contributed by atoms with Crippen LogP contribution < -0.4 is 0 Å². The highest BCUT2D eigenvalue weighted by molar-refractivity contribution is 7.10. The maximum atomic E-state index is 12.1. The fourth-order valence-corrected chi connectivity index (χ4v) is 3.30. The summed E-state index contributed by atoms with van der Waals surface area (Å²) < 4.78 is 0. The summed E-state index contributed by atoms with van der Waals surface area (Å²) in [4.78, 5) is 15.3. The van der Waals surface area contributed by atoms with E-state index in [9.17, 15) is 4.79 Å². The van der Waals surface area contributed by atoms with Crippen LogP contribution in [0, 0.1) is 12.8 Å². The van der Waals surface area contributed by atoms with Gasteiger partial charge < -0.3 is 4.90 Å². The average molecular weight is 237 g/mol. The van der Waals surface area contributed by atoms with Crippen LogP contribution in [-0.4, -0.2) is 17.9 Å². The second-order valence-electron chi connectivity index (χ2n) is 4.70. The molecule has 16 heavy (non-hydrogen) atoms. The maximum absolute atomic E-state index is 12.1. The summed E-state index contributed by atoms with van der Waals surface area (Å²) in [7, 11) is 1.93. The first kappa shape index (κ1) is 11.6.